The Morgan fingerprint density at radius 3 is 2.53 bits per heavy atom. The van der Waals surface area contributed by atoms with Crippen LogP contribution in [0.5, 0.6) is 5.75 Å². The first-order valence-corrected chi connectivity index (χ1v) is 7.00. The Morgan fingerprint density at radius 1 is 1.26 bits per heavy atom. The van der Waals surface area contributed by atoms with E-state index in [1.165, 1.54) is 18.4 Å². The van der Waals surface area contributed by atoms with Crippen LogP contribution in [0.3, 0.4) is 0 Å². The molecule has 0 saturated heterocycles. The summed E-state index contributed by atoms with van der Waals surface area (Å²) in [6.45, 7) is 4.84. The van der Waals surface area contributed by atoms with Crippen LogP contribution in [-0.4, -0.2) is 29.6 Å². The molecule has 1 aromatic carbocycles. The molecule has 1 aliphatic carbocycles. The largest absolute Gasteiger partial charge is 0.491 e. The zero-order chi connectivity index (χ0) is 13.4. The van der Waals surface area contributed by atoms with Crippen molar-refractivity contribution in [3.63, 3.8) is 0 Å². The summed E-state index contributed by atoms with van der Waals surface area (Å²) in [5, 5.41) is 0. The van der Waals surface area contributed by atoms with Gasteiger partial charge in [0.1, 0.15) is 5.75 Å². The molecule has 1 aromatic rings. The minimum atomic E-state index is 0.208. The molecule has 0 amide bonds. The van der Waals surface area contributed by atoms with Crippen LogP contribution in [0.1, 0.15) is 38.3 Å². The molecule has 2 N–H and O–H groups in total. The molecule has 4 heteroatoms. The summed E-state index contributed by atoms with van der Waals surface area (Å²) >= 11 is 0. The van der Waals surface area contributed by atoms with Gasteiger partial charge in [-0.2, -0.15) is 0 Å². The molecule has 0 bridgehead atoms. The van der Waals surface area contributed by atoms with Crippen molar-refractivity contribution in [3.05, 3.63) is 29.8 Å². The Bertz CT molecular complexity index is 477. The predicted molar refractivity (Wildman–Crippen MR) is 76.3 cm³/mol. The number of guanidine groups is 1. The number of rotatable bonds is 4. The van der Waals surface area contributed by atoms with E-state index in [0.29, 0.717) is 18.0 Å². The number of hydrogen-bond donors (Lipinski definition) is 1. The Morgan fingerprint density at radius 2 is 1.95 bits per heavy atom. The first-order chi connectivity index (χ1) is 9.15. The fourth-order valence-electron chi connectivity index (χ4n) is 2.61. The van der Waals surface area contributed by atoms with Crippen molar-refractivity contribution in [1.29, 1.82) is 0 Å². The summed E-state index contributed by atoms with van der Waals surface area (Å²) in [7, 11) is 0. The molecule has 1 fully saturated rings. The smallest absolute Gasteiger partial charge is 0.192 e. The van der Waals surface area contributed by atoms with Gasteiger partial charge < -0.3 is 15.4 Å². The van der Waals surface area contributed by atoms with Crippen molar-refractivity contribution in [3.8, 4) is 5.75 Å². The van der Waals surface area contributed by atoms with Crippen molar-refractivity contribution in [2.45, 2.75) is 44.9 Å². The van der Waals surface area contributed by atoms with Crippen molar-refractivity contribution < 1.29 is 4.74 Å². The highest BCUT2D eigenvalue weighted by molar-refractivity contribution is 5.81. The Labute approximate surface area is 114 Å². The van der Waals surface area contributed by atoms with Gasteiger partial charge >= 0.3 is 0 Å². The second-order valence-electron chi connectivity index (χ2n) is 5.59. The third-order valence-electron chi connectivity index (χ3n) is 3.60. The molecule has 1 unspecified atom stereocenters. The molecule has 19 heavy (non-hydrogen) atoms. The van der Waals surface area contributed by atoms with E-state index in [9.17, 15) is 0 Å². The van der Waals surface area contributed by atoms with E-state index >= 15 is 0 Å². The van der Waals surface area contributed by atoms with E-state index in [-0.39, 0.29) is 6.10 Å². The molecule has 1 aliphatic heterocycles. The van der Waals surface area contributed by atoms with Gasteiger partial charge in [0.25, 0.3) is 0 Å². The topological polar surface area (TPSA) is 50.9 Å². The summed E-state index contributed by atoms with van der Waals surface area (Å²) in [5.41, 5.74) is 7.27. The standard InChI is InChI=1S/C15H21N3O/c1-10(2)19-13-7-3-11(4-8-13)14-9-17-15(16)18(14)12-5-6-12/h3-4,7-8,10,12,14H,5-6,9H2,1-2H3,(H2,16,17). The second-order valence-corrected chi connectivity index (χ2v) is 5.59. The zero-order valence-electron chi connectivity index (χ0n) is 11.5. The third kappa shape index (κ3) is 2.53. The maximum absolute atomic E-state index is 5.99. The Balaban J connectivity index is 1.75. The monoisotopic (exact) mass is 259 g/mol. The molecule has 102 valence electrons. The van der Waals surface area contributed by atoms with E-state index in [4.69, 9.17) is 10.5 Å². The number of nitrogens with zero attached hydrogens (tertiary/aromatic N) is 2. The Kier molecular flexibility index (Phi) is 3.09. The first-order valence-electron chi connectivity index (χ1n) is 7.00. The van der Waals surface area contributed by atoms with Crippen LogP contribution in [0.25, 0.3) is 0 Å². The third-order valence-corrected chi connectivity index (χ3v) is 3.60. The van der Waals surface area contributed by atoms with Crippen molar-refractivity contribution >= 4 is 5.96 Å². The summed E-state index contributed by atoms with van der Waals surface area (Å²) in [4.78, 5) is 6.67. The lowest BCUT2D eigenvalue weighted by Crippen LogP contribution is -2.37. The van der Waals surface area contributed by atoms with Gasteiger partial charge in [0.05, 0.1) is 18.7 Å². The molecule has 2 aliphatic rings. The van der Waals surface area contributed by atoms with Gasteiger partial charge in [-0.3, -0.25) is 4.99 Å². The van der Waals surface area contributed by atoms with E-state index in [1.807, 2.05) is 26.0 Å². The SMILES string of the molecule is CC(C)Oc1ccc(C2CN=C(N)N2C2CC2)cc1. The van der Waals surface area contributed by atoms with Crippen molar-refractivity contribution in [2.24, 2.45) is 10.7 Å². The van der Waals surface area contributed by atoms with Crippen molar-refractivity contribution in [1.82, 2.24) is 4.90 Å². The van der Waals surface area contributed by atoms with E-state index in [0.717, 1.165) is 12.3 Å². The number of aliphatic imine (C=N–C) groups is 1. The molecule has 0 spiro atoms. The molecule has 0 radical (unpaired) electrons. The normalized spacial score (nSPS) is 22.8. The van der Waals surface area contributed by atoms with Gasteiger partial charge in [-0.05, 0) is 44.4 Å². The van der Waals surface area contributed by atoms with Crippen LogP contribution in [0.2, 0.25) is 0 Å². The number of hydrogen-bond acceptors (Lipinski definition) is 4. The van der Waals surface area contributed by atoms with Crippen molar-refractivity contribution in [2.75, 3.05) is 6.54 Å². The Hall–Kier alpha value is -1.71. The number of nitrogens with two attached hydrogens (primary N) is 1. The molecule has 4 nitrogen and oxygen atoms in total. The minimum Gasteiger partial charge on any atom is -0.491 e. The van der Waals surface area contributed by atoms with Crippen LogP contribution in [0.4, 0.5) is 0 Å². The van der Waals surface area contributed by atoms with Gasteiger partial charge in [0.2, 0.25) is 0 Å². The predicted octanol–water partition coefficient (Wildman–Crippen LogP) is 2.31. The zero-order valence-corrected chi connectivity index (χ0v) is 11.5. The average molecular weight is 259 g/mol. The van der Waals surface area contributed by atoms with E-state index < -0.39 is 0 Å². The van der Waals surface area contributed by atoms with Crippen LogP contribution >= 0.6 is 0 Å². The molecule has 3 rings (SSSR count). The fraction of sp³-hybridized carbons (Fsp3) is 0.533. The van der Waals surface area contributed by atoms with Crippen LogP contribution in [0.15, 0.2) is 29.3 Å². The van der Waals surface area contributed by atoms with Gasteiger partial charge in [-0.25, -0.2) is 0 Å². The fourth-order valence-corrected chi connectivity index (χ4v) is 2.61. The summed E-state index contributed by atoms with van der Waals surface area (Å²) < 4.78 is 5.67. The summed E-state index contributed by atoms with van der Waals surface area (Å²) in [5.74, 6) is 1.62. The van der Waals surface area contributed by atoms with Crippen LogP contribution < -0.4 is 10.5 Å². The molecule has 0 aromatic heterocycles. The lowest BCUT2D eigenvalue weighted by atomic mass is 10.1. The lowest BCUT2D eigenvalue weighted by Gasteiger charge is -2.26. The minimum absolute atomic E-state index is 0.208. The second kappa shape index (κ2) is 4.76. The first kappa shape index (κ1) is 12.3. The molecular weight excluding hydrogens is 238 g/mol. The van der Waals surface area contributed by atoms with Crippen LogP contribution in [-0.2, 0) is 0 Å². The lowest BCUT2D eigenvalue weighted by molar-refractivity contribution is 0.242. The molecule has 1 heterocycles. The van der Waals surface area contributed by atoms with Gasteiger partial charge in [0, 0.05) is 6.04 Å². The number of ether oxygens (including phenoxy) is 1. The molecular formula is C15H21N3O. The molecule has 1 saturated carbocycles. The highest BCUT2D eigenvalue weighted by Crippen LogP contribution is 2.37. The van der Waals surface area contributed by atoms with E-state index in [2.05, 4.69) is 22.0 Å². The van der Waals surface area contributed by atoms with Gasteiger partial charge in [-0.1, -0.05) is 12.1 Å². The summed E-state index contributed by atoms with van der Waals surface area (Å²) in [6, 6.07) is 9.24. The quantitative estimate of drug-likeness (QED) is 0.902. The highest BCUT2D eigenvalue weighted by Gasteiger charge is 2.38. The van der Waals surface area contributed by atoms with Gasteiger partial charge in [0.15, 0.2) is 5.96 Å². The highest BCUT2D eigenvalue weighted by atomic mass is 16.5. The summed E-state index contributed by atoms with van der Waals surface area (Å²) in [6.07, 6.45) is 2.68. The molecule has 1 atom stereocenters. The average Bonchev–Trinajstić information content (AvgIpc) is 3.13. The maximum Gasteiger partial charge on any atom is 0.192 e. The number of benzene rings is 1. The van der Waals surface area contributed by atoms with E-state index in [1.54, 1.807) is 0 Å². The maximum atomic E-state index is 5.99. The van der Waals surface area contributed by atoms with Gasteiger partial charge in [-0.15, -0.1) is 0 Å². The van der Waals surface area contributed by atoms with Crippen LogP contribution in [0, 0.1) is 0 Å².